The molecule has 0 spiro atoms. The number of anilines is 1. The number of fused-ring (bicyclic) bond motifs is 1. The number of hydrogen-bond donors (Lipinski definition) is 0. The lowest BCUT2D eigenvalue weighted by atomic mass is 10.2. The molecule has 1 aromatic heterocycles. The standard InChI is InChI=1S/C20H20Br2N4O/c1-4-5-19-24-17-8-7-14(21)11-15(17)20(27)26(19)23-12-13-6-9-18(25(2)3)16(22)10-13/h6-12H,4-5H2,1-3H3. The summed E-state index contributed by atoms with van der Waals surface area (Å²) in [5.74, 6) is 0.664. The molecule has 0 bridgehead atoms. The third-order valence-electron chi connectivity index (χ3n) is 4.12. The van der Waals surface area contributed by atoms with Gasteiger partial charge in [-0.25, -0.2) is 4.98 Å². The van der Waals surface area contributed by atoms with Crippen molar-refractivity contribution in [1.29, 1.82) is 0 Å². The summed E-state index contributed by atoms with van der Waals surface area (Å²) in [5.41, 5.74) is 2.51. The predicted molar refractivity (Wildman–Crippen MR) is 119 cm³/mol. The van der Waals surface area contributed by atoms with Gasteiger partial charge in [0.25, 0.3) is 5.56 Å². The molecule has 0 aliphatic rings. The van der Waals surface area contributed by atoms with Crippen LogP contribution in [0.4, 0.5) is 5.69 Å². The van der Waals surface area contributed by atoms with E-state index in [4.69, 9.17) is 0 Å². The molecule has 0 radical (unpaired) electrons. The Labute approximate surface area is 175 Å². The second-order valence-corrected chi connectivity index (χ2v) is 8.18. The molecule has 7 heteroatoms. The molecule has 3 rings (SSSR count). The maximum absolute atomic E-state index is 13.0. The van der Waals surface area contributed by atoms with Crippen molar-refractivity contribution < 1.29 is 0 Å². The fourth-order valence-corrected chi connectivity index (χ4v) is 3.90. The van der Waals surface area contributed by atoms with E-state index in [1.54, 1.807) is 12.3 Å². The van der Waals surface area contributed by atoms with Crippen molar-refractivity contribution in [3.8, 4) is 0 Å². The van der Waals surface area contributed by atoms with Gasteiger partial charge in [-0.2, -0.15) is 9.78 Å². The summed E-state index contributed by atoms with van der Waals surface area (Å²) in [7, 11) is 3.98. The first-order chi connectivity index (χ1) is 12.9. The normalized spacial score (nSPS) is 11.4. The van der Waals surface area contributed by atoms with E-state index in [1.807, 2.05) is 49.3 Å². The van der Waals surface area contributed by atoms with Crippen LogP contribution in [0.25, 0.3) is 10.9 Å². The monoisotopic (exact) mass is 490 g/mol. The van der Waals surface area contributed by atoms with Crippen LogP contribution in [0.15, 0.2) is 55.2 Å². The smallest absolute Gasteiger partial charge is 0.282 e. The fourth-order valence-electron chi connectivity index (χ4n) is 2.79. The summed E-state index contributed by atoms with van der Waals surface area (Å²) >= 11 is 7.00. The van der Waals surface area contributed by atoms with E-state index in [0.717, 1.165) is 26.6 Å². The summed E-state index contributed by atoms with van der Waals surface area (Å²) in [6.45, 7) is 2.06. The Bertz CT molecular complexity index is 1070. The van der Waals surface area contributed by atoms with Crippen LogP contribution in [-0.4, -0.2) is 30.0 Å². The third-order valence-corrected chi connectivity index (χ3v) is 5.25. The van der Waals surface area contributed by atoms with Crippen LogP contribution in [0.1, 0.15) is 24.7 Å². The average molecular weight is 492 g/mol. The molecule has 0 unspecified atom stereocenters. The number of benzene rings is 2. The zero-order valence-electron chi connectivity index (χ0n) is 15.4. The van der Waals surface area contributed by atoms with Gasteiger partial charge in [-0.1, -0.05) is 28.9 Å². The highest BCUT2D eigenvalue weighted by molar-refractivity contribution is 9.10. The first-order valence-corrected chi connectivity index (χ1v) is 10.2. The van der Waals surface area contributed by atoms with Crippen LogP contribution in [0, 0.1) is 0 Å². The molecule has 0 atom stereocenters. The Morgan fingerprint density at radius 1 is 1.19 bits per heavy atom. The molecule has 3 aromatic rings. The number of rotatable bonds is 5. The molecule has 0 aliphatic heterocycles. The molecule has 0 fully saturated rings. The van der Waals surface area contributed by atoms with Crippen molar-refractivity contribution in [2.45, 2.75) is 19.8 Å². The van der Waals surface area contributed by atoms with E-state index in [-0.39, 0.29) is 5.56 Å². The van der Waals surface area contributed by atoms with Crippen molar-refractivity contribution >= 4 is 54.7 Å². The van der Waals surface area contributed by atoms with Gasteiger partial charge in [0, 0.05) is 29.5 Å². The van der Waals surface area contributed by atoms with Gasteiger partial charge in [0.2, 0.25) is 0 Å². The van der Waals surface area contributed by atoms with Crippen LogP contribution in [-0.2, 0) is 6.42 Å². The lowest BCUT2D eigenvalue weighted by Gasteiger charge is -2.14. The largest absolute Gasteiger partial charge is 0.377 e. The van der Waals surface area contributed by atoms with Crippen molar-refractivity contribution in [3.63, 3.8) is 0 Å². The molecular formula is C20H20Br2N4O. The molecule has 2 aromatic carbocycles. The van der Waals surface area contributed by atoms with Gasteiger partial charge in [-0.3, -0.25) is 4.79 Å². The summed E-state index contributed by atoms with van der Waals surface area (Å²) < 4.78 is 3.22. The molecule has 0 saturated heterocycles. The molecule has 140 valence electrons. The van der Waals surface area contributed by atoms with E-state index in [0.29, 0.717) is 23.1 Å². The minimum Gasteiger partial charge on any atom is -0.377 e. The highest BCUT2D eigenvalue weighted by Crippen LogP contribution is 2.25. The maximum Gasteiger partial charge on any atom is 0.282 e. The molecule has 0 saturated carbocycles. The SMILES string of the molecule is CCCc1nc2ccc(Br)cc2c(=O)n1N=Cc1ccc(N(C)C)c(Br)c1. The number of halogens is 2. The van der Waals surface area contributed by atoms with Gasteiger partial charge in [-0.05, 0) is 58.2 Å². The molecule has 5 nitrogen and oxygen atoms in total. The second-order valence-electron chi connectivity index (χ2n) is 6.41. The Kier molecular flexibility index (Phi) is 6.11. The molecule has 27 heavy (non-hydrogen) atoms. The third kappa shape index (κ3) is 4.30. The topological polar surface area (TPSA) is 50.5 Å². The fraction of sp³-hybridized carbons (Fsp3) is 0.250. The Balaban J connectivity index is 2.08. The number of aryl methyl sites for hydroxylation is 1. The van der Waals surface area contributed by atoms with Gasteiger partial charge < -0.3 is 4.90 Å². The van der Waals surface area contributed by atoms with E-state index in [2.05, 4.69) is 48.9 Å². The Morgan fingerprint density at radius 3 is 2.63 bits per heavy atom. The highest BCUT2D eigenvalue weighted by atomic mass is 79.9. The second kappa shape index (κ2) is 8.35. The van der Waals surface area contributed by atoms with E-state index < -0.39 is 0 Å². The Hall–Kier alpha value is -1.99. The van der Waals surface area contributed by atoms with E-state index in [1.165, 1.54) is 4.68 Å². The van der Waals surface area contributed by atoms with Gasteiger partial charge >= 0.3 is 0 Å². The zero-order valence-corrected chi connectivity index (χ0v) is 18.6. The molecule has 0 amide bonds. The van der Waals surface area contributed by atoms with Crippen LogP contribution in [0.3, 0.4) is 0 Å². The van der Waals surface area contributed by atoms with Crippen molar-refractivity contribution in [2.24, 2.45) is 5.10 Å². The predicted octanol–water partition coefficient (Wildman–Crippen LogP) is 4.82. The first-order valence-electron chi connectivity index (χ1n) is 8.63. The molecule has 0 N–H and O–H groups in total. The summed E-state index contributed by atoms with van der Waals surface area (Å²) in [6.07, 6.45) is 3.26. The summed E-state index contributed by atoms with van der Waals surface area (Å²) in [6, 6.07) is 11.5. The van der Waals surface area contributed by atoms with Crippen LogP contribution in [0.2, 0.25) is 0 Å². The maximum atomic E-state index is 13.0. The molecule has 0 aliphatic carbocycles. The number of nitrogens with zero attached hydrogens (tertiary/aromatic N) is 4. The van der Waals surface area contributed by atoms with Crippen LogP contribution < -0.4 is 10.5 Å². The summed E-state index contributed by atoms with van der Waals surface area (Å²) in [4.78, 5) is 19.7. The zero-order chi connectivity index (χ0) is 19.6. The minimum atomic E-state index is -0.162. The quantitative estimate of drug-likeness (QED) is 0.480. The van der Waals surface area contributed by atoms with Gasteiger partial charge in [0.05, 0.1) is 22.8 Å². The highest BCUT2D eigenvalue weighted by Gasteiger charge is 2.10. The lowest BCUT2D eigenvalue weighted by Crippen LogP contribution is -2.22. The lowest BCUT2D eigenvalue weighted by molar-refractivity contribution is 0.704. The van der Waals surface area contributed by atoms with Crippen molar-refractivity contribution in [1.82, 2.24) is 9.66 Å². The van der Waals surface area contributed by atoms with E-state index >= 15 is 0 Å². The average Bonchev–Trinajstić information content (AvgIpc) is 2.62. The van der Waals surface area contributed by atoms with Gasteiger partial charge in [0.15, 0.2) is 0 Å². The van der Waals surface area contributed by atoms with Gasteiger partial charge in [0.1, 0.15) is 5.82 Å². The Morgan fingerprint density at radius 2 is 1.96 bits per heavy atom. The molecular weight excluding hydrogens is 472 g/mol. The summed E-state index contributed by atoms with van der Waals surface area (Å²) in [5, 5.41) is 5.00. The van der Waals surface area contributed by atoms with Gasteiger partial charge in [-0.15, -0.1) is 0 Å². The van der Waals surface area contributed by atoms with Crippen LogP contribution >= 0.6 is 31.9 Å². The minimum absolute atomic E-state index is 0.162. The van der Waals surface area contributed by atoms with Crippen molar-refractivity contribution in [3.05, 3.63) is 67.1 Å². The van der Waals surface area contributed by atoms with E-state index in [9.17, 15) is 4.79 Å². The van der Waals surface area contributed by atoms with Crippen molar-refractivity contribution in [2.75, 3.05) is 19.0 Å². The first kappa shape index (κ1) is 19.8. The molecule has 1 heterocycles. The van der Waals surface area contributed by atoms with Crippen LogP contribution in [0.5, 0.6) is 0 Å². The number of hydrogen-bond acceptors (Lipinski definition) is 4. The number of aromatic nitrogens is 2.